The van der Waals surface area contributed by atoms with E-state index < -0.39 is 0 Å². The molecule has 1 aromatic heterocycles. The Morgan fingerprint density at radius 2 is 1.83 bits per heavy atom. The van der Waals surface area contributed by atoms with Crippen molar-refractivity contribution in [2.75, 3.05) is 35.5 Å². The van der Waals surface area contributed by atoms with Crippen molar-refractivity contribution < 1.29 is 5.21 Å². The van der Waals surface area contributed by atoms with Gasteiger partial charge in [0.15, 0.2) is 0 Å². The zero-order valence-corrected chi connectivity index (χ0v) is 11.1. The number of nitrogens with zero attached hydrogens (tertiary/aromatic N) is 5. The van der Waals surface area contributed by atoms with E-state index in [1.807, 2.05) is 13.8 Å². The Balaban J connectivity index is 2.97. The minimum atomic E-state index is 0.158. The summed E-state index contributed by atoms with van der Waals surface area (Å²) in [5, 5.41) is 14.7. The minimum Gasteiger partial charge on any atom is -0.354 e. The molecular weight excluding hydrogens is 234 g/mol. The molecule has 8 nitrogen and oxygen atoms in total. The van der Waals surface area contributed by atoms with E-state index in [-0.39, 0.29) is 5.95 Å². The second-order valence-corrected chi connectivity index (χ2v) is 3.90. The summed E-state index contributed by atoms with van der Waals surface area (Å²) in [5.41, 5.74) is 0. The fourth-order valence-corrected chi connectivity index (χ4v) is 1.28. The number of anilines is 3. The first-order valence-electron chi connectivity index (χ1n) is 6.03. The van der Waals surface area contributed by atoms with Crippen LogP contribution in [-0.2, 0) is 0 Å². The maximum Gasteiger partial charge on any atom is 0.255 e. The van der Waals surface area contributed by atoms with Crippen molar-refractivity contribution in [1.82, 2.24) is 15.0 Å². The van der Waals surface area contributed by atoms with E-state index in [1.165, 1.54) is 12.1 Å². The van der Waals surface area contributed by atoms with Gasteiger partial charge in [0, 0.05) is 20.1 Å². The second-order valence-electron chi connectivity index (χ2n) is 3.90. The average molecular weight is 255 g/mol. The van der Waals surface area contributed by atoms with Gasteiger partial charge in [0.25, 0.3) is 5.95 Å². The van der Waals surface area contributed by atoms with Crippen molar-refractivity contribution in [2.24, 2.45) is 5.84 Å². The summed E-state index contributed by atoms with van der Waals surface area (Å²) in [6, 6.07) is 0. The van der Waals surface area contributed by atoms with Gasteiger partial charge in [0.2, 0.25) is 11.9 Å². The van der Waals surface area contributed by atoms with Crippen LogP contribution in [0.15, 0.2) is 0 Å². The van der Waals surface area contributed by atoms with Gasteiger partial charge in [-0.1, -0.05) is 13.8 Å². The highest BCUT2D eigenvalue weighted by molar-refractivity contribution is 5.42. The van der Waals surface area contributed by atoms with Crippen LogP contribution in [0.5, 0.6) is 0 Å². The topological polar surface area (TPSA) is 103 Å². The van der Waals surface area contributed by atoms with E-state index in [0.29, 0.717) is 18.4 Å². The third-order valence-electron chi connectivity index (χ3n) is 2.16. The van der Waals surface area contributed by atoms with Crippen molar-refractivity contribution in [3.8, 4) is 0 Å². The lowest BCUT2D eigenvalue weighted by Gasteiger charge is -2.18. The predicted octanol–water partition coefficient (Wildman–Crippen LogP) is 0.609. The Labute approximate surface area is 107 Å². The maximum atomic E-state index is 9.40. The number of aromatic nitrogens is 3. The highest BCUT2D eigenvalue weighted by atomic mass is 16.5. The van der Waals surface area contributed by atoms with Crippen molar-refractivity contribution in [1.29, 1.82) is 0 Å². The first-order valence-corrected chi connectivity index (χ1v) is 6.03. The van der Waals surface area contributed by atoms with E-state index in [4.69, 9.17) is 5.84 Å². The van der Waals surface area contributed by atoms with Crippen LogP contribution in [0.2, 0.25) is 0 Å². The Bertz CT molecular complexity index is 371. The Kier molecular flexibility index (Phi) is 5.53. The van der Waals surface area contributed by atoms with Gasteiger partial charge in [-0.2, -0.15) is 15.0 Å². The zero-order valence-electron chi connectivity index (χ0n) is 11.1. The molecule has 0 unspecified atom stereocenters. The number of hydrogen-bond donors (Lipinski definition) is 3. The molecule has 4 N–H and O–H groups in total. The van der Waals surface area contributed by atoms with Crippen LogP contribution in [0.1, 0.15) is 26.7 Å². The predicted molar refractivity (Wildman–Crippen MR) is 70.6 cm³/mol. The zero-order chi connectivity index (χ0) is 13.5. The van der Waals surface area contributed by atoms with Gasteiger partial charge in [0.05, 0.1) is 0 Å². The number of nitrogens with two attached hydrogens (primary N) is 1. The van der Waals surface area contributed by atoms with Crippen LogP contribution in [-0.4, -0.2) is 40.3 Å². The molecule has 18 heavy (non-hydrogen) atoms. The molecule has 0 bridgehead atoms. The van der Waals surface area contributed by atoms with Gasteiger partial charge >= 0.3 is 0 Å². The molecule has 102 valence electrons. The third-order valence-corrected chi connectivity index (χ3v) is 2.16. The van der Waals surface area contributed by atoms with Crippen molar-refractivity contribution in [3.63, 3.8) is 0 Å². The van der Waals surface area contributed by atoms with E-state index >= 15 is 0 Å². The van der Waals surface area contributed by atoms with E-state index in [2.05, 4.69) is 20.3 Å². The molecule has 0 aliphatic carbocycles. The van der Waals surface area contributed by atoms with E-state index in [9.17, 15) is 5.21 Å². The summed E-state index contributed by atoms with van der Waals surface area (Å²) >= 11 is 0. The molecule has 0 spiro atoms. The number of hydrogen-bond acceptors (Lipinski definition) is 8. The molecule has 0 aromatic carbocycles. The molecular formula is C10H21N7O. The normalized spacial score (nSPS) is 10.3. The van der Waals surface area contributed by atoms with Gasteiger partial charge < -0.3 is 5.32 Å². The number of hydroxylamine groups is 1. The molecule has 0 aliphatic rings. The van der Waals surface area contributed by atoms with E-state index in [0.717, 1.165) is 24.4 Å². The Hall–Kier alpha value is -1.67. The van der Waals surface area contributed by atoms with Gasteiger partial charge in [-0.25, -0.2) is 10.9 Å². The van der Waals surface area contributed by atoms with Gasteiger partial charge in [0.1, 0.15) is 0 Å². The monoisotopic (exact) mass is 255 g/mol. The molecule has 1 heterocycles. The lowest BCUT2D eigenvalue weighted by atomic mass is 10.5. The molecule has 8 heteroatoms. The first kappa shape index (κ1) is 14.4. The first-order chi connectivity index (χ1) is 8.58. The van der Waals surface area contributed by atoms with Crippen molar-refractivity contribution in [2.45, 2.75) is 26.7 Å². The molecule has 0 atom stereocenters. The smallest absolute Gasteiger partial charge is 0.255 e. The van der Waals surface area contributed by atoms with Crippen LogP contribution < -0.4 is 21.2 Å². The SMILES string of the molecule is CCCNc1nc(N(C)O)nc(N(N)CCC)n1. The fourth-order valence-electron chi connectivity index (χ4n) is 1.28. The third kappa shape index (κ3) is 3.97. The number of nitrogens with one attached hydrogen (secondary N) is 1. The second kappa shape index (κ2) is 6.92. The van der Waals surface area contributed by atoms with Gasteiger partial charge in [-0.15, -0.1) is 0 Å². The van der Waals surface area contributed by atoms with Crippen LogP contribution in [0, 0.1) is 0 Å². The molecule has 0 radical (unpaired) electrons. The highest BCUT2D eigenvalue weighted by Gasteiger charge is 2.12. The van der Waals surface area contributed by atoms with Crippen LogP contribution in [0.3, 0.4) is 0 Å². The minimum absolute atomic E-state index is 0.158. The summed E-state index contributed by atoms with van der Waals surface area (Å²) in [7, 11) is 1.45. The average Bonchev–Trinajstić information content (AvgIpc) is 2.36. The molecule has 0 saturated carbocycles. The quantitative estimate of drug-likeness (QED) is 0.481. The lowest BCUT2D eigenvalue weighted by molar-refractivity contribution is 0.272. The fraction of sp³-hybridized carbons (Fsp3) is 0.700. The summed E-state index contributed by atoms with van der Waals surface area (Å²) in [4.78, 5) is 12.3. The van der Waals surface area contributed by atoms with Gasteiger partial charge in [-0.3, -0.25) is 10.2 Å². The van der Waals surface area contributed by atoms with Crippen molar-refractivity contribution >= 4 is 17.8 Å². The molecule has 0 saturated heterocycles. The summed E-state index contributed by atoms with van der Waals surface area (Å²) in [6.07, 6.45) is 1.83. The number of rotatable bonds is 7. The molecule has 1 aromatic rings. The highest BCUT2D eigenvalue weighted by Crippen LogP contribution is 2.13. The molecule has 0 amide bonds. The van der Waals surface area contributed by atoms with Crippen LogP contribution in [0.25, 0.3) is 0 Å². The standard InChI is InChI=1S/C10H21N7O/c1-4-6-12-8-13-9(16(3)18)15-10(14-8)17(11)7-5-2/h18H,4-7,11H2,1-3H3,(H,12,13,14,15). The number of hydrazine groups is 1. The Morgan fingerprint density at radius 1 is 1.17 bits per heavy atom. The molecule has 1 rings (SSSR count). The lowest BCUT2D eigenvalue weighted by Crippen LogP contribution is -2.34. The van der Waals surface area contributed by atoms with Crippen LogP contribution >= 0.6 is 0 Å². The molecule has 0 fully saturated rings. The van der Waals surface area contributed by atoms with Crippen LogP contribution in [0.4, 0.5) is 17.8 Å². The maximum absolute atomic E-state index is 9.40. The summed E-state index contributed by atoms with van der Waals surface area (Å²) in [5.74, 6) is 6.72. The largest absolute Gasteiger partial charge is 0.354 e. The van der Waals surface area contributed by atoms with Gasteiger partial charge in [-0.05, 0) is 12.8 Å². The summed E-state index contributed by atoms with van der Waals surface area (Å²) in [6.45, 7) is 5.43. The Morgan fingerprint density at radius 3 is 2.39 bits per heavy atom. The summed E-state index contributed by atoms with van der Waals surface area (Å²) < 4.78 is 0. The van der Waals surface area contributed by atoms with E-state index in [1.54, 1.807) is 0 Å². The molecule has 0 aliphatic heterocycles. The van der Waals surface area contributed by atoms with Crippen molar-refractivity contribution in [3.05, 3.63) is 0 Å².